The second-order valence-electron chi connectivity index (χ2n) is 5.26. The number of benzene rings is 2. The molecule has 0 unspecified atom stereocenters. The average molecular weight is 288 g/mol. The van der Waals surface area contributed by atoms with Gasteiger partial charge < -0.3 is 0 Å². The number of aromatic amines is 1. The van der Waals surface area contributed by atoms with E-state index in [0.29, 0.717) is 16.6 Å². The first-order chi connectivity index (χ1) is 10.7. The summed E-state index contributed by atoms with van der Waals surface area (Å²) in [7, 11) is 0. The molecule has 0 saturated carbocycles. The van der Waals surface area contributed by atoms with Crippen LogP contribution in [0.3, 0.4) is 0 Å². The topological polar surface area (TPSA) is 71.5 Å². The molecule has 1 heterocycles. The summed E-state index contributed by atoms with van der Waals surface area (Å²) < 4.78 is 0. The van der Waals surface area contributed by atoms with Crippen LogP contribution < -0.4 is 5.43 Å². The summed E-state index contributed by atoms with van der Waals surface area (Å²) in [5.74, 6) is 0.481. The smallest absolute Gasteiger partial charge is 0.205 e. The van der Waals surface area contributed by atoms with Crippen LogP contribution in [0, 0.1) is 6.92 Å². The lowest BCUT2D eigenvalue weighted by molar-refractivity contribution is 0.881. The molecule has 0 bridgehead atoms. The van der Waals surface area contributed by atoms with E-state index in [1.165, 1.54) is 0 Å². The third kappa shape index (κ3) is 1.87. The van der Waals surface area contributed by atoms with Crippen LogP contribution >= 0.6 is 0 Å². The van der Waals surface area contributed by atoms with E-state index in [0.717, 1.165) is 21.9 Å². The van der Waals surface area contributed by atoms with Crippen molar-refractivity contribution in [2.45, 2.75) is 6.92 Å². The van der Waals surface area contributed by atoms with Gasteiger partial charge in [0.15, 0.2) is 5.43 Å². The number of aryl methyl sites for hydroxylation is 1. The van der Waals surface area contributed by atoms with E-state index in [1.807, 2.05) is 55.5 Å². The molecule has 5 heteroatoms. The van der Waals surface area contributed by atoms with E-state index >= 15 is 0 Å². The SMILES string of the molecule is Cc1ccc2c(-c3nn[nH]n3)cc3ccccc3c(=O)c2c1. The molecular weight excluding hydrogens is 276 g/mol. The third-order valence-corrected chi connectivity index (χ3v) is 3.80. The quantitative estimate of drug-likeness (QED) is 0.584. The van der Waals surface area contributed by atoms with Crippen molar-refractivity contribution in [2.24, 2.45) is 0 Å². The zero-order valence-electron chi connectivity index (χ0n) is 11.9. The second kappa shape index (κ2) is 4.73. The van der Waals surface area contributed by atoms with Crippen molar-refractivity contribution >= 4 is 21.5 Å². The highest BCUT2D eigenvalue weighted by Crippen LogP contribution is 2.27. The normalized spacial score (nSPS) is 11.1. The molecule has 0 aliphatic carbocycles. The fourth-order valence-electron chi connectivity index (χ4n) is 2.75. The van der Waals surface area contributed by atoms with E-state index in [1.54, 1.807) is 0 Å². The molecule has 0 amide bonds. The van der Waals surface area contributed by atoms with Gasteiger partial charge in [-0.05, 0) is 35.0 Å². The minimum atomic E-state index is 0.0176. The van der Waals surface area contributed by atoms with E-state index < -0.39 is 0 Å². The molecule has 4 aromatic rings. The van der Waals surface area contributed by atoms with Crippen LogP contribution in [0.15, 0.2) is 53.3 Å². The Morgan fingerprint density at radius 3 is 2.64 bits per heavy atom. The van der Waals surface area contributed by atoms with Gasteiger partial charge >= 0.3 is 0 Å². The number of tetrazole rings is 1. The lowest BCUT2D eigenvalue weighted by atomic mass is 10.1. The molecule has 1 aromatic heterocycles. The Hall–Kier alpha value is -3.08. The Morgan fingerprint density at radius 1 is 0.955 bits per heavy atom. The standard InChI is InChI=1S/C17H12N4O/c1-10-6-7-13-14(8-10)16(22)12-5-3-2-4-11(12)9-15(13)17-18-20-21-19-17/h2-9H,1H3,(H,18,19,20,21). The zero-order valence-corrected chi connectivity index (χ0v) is 11.9. The lowest BCUT2D eigenvalue weighted by Gasteiger charge is -1.99. The van der Waals surface area contributed by atoms with Crippen molar-refractivity contribution < 1.29 is 0 Å². The number of fused-ring (bicyclic) bond motifs is 2. The van der Waals surface area contributed by atoms with Crippen LogP contribution in [-0.4, -0.2) is 20.6 Å². The van der Waals surface area contributed by atoms with Crippen LogP contribution in [0.2, 0.25) is 0 Å². The summed E-state index contributed by atoms with van der Waals surface area (Å²) >= 11 is 0. The van der Waals surface area contributed by atoms with Gasteiger partial charge in [0.25, 0.3) is 0 Å². The van der Waals surface area contributed by atoms with Gasteiger partial charge in [-0.2, -0.15) is 5.21 Å². The minimum absolute atomic E-state index is 0.0176. The molecule has 4 rings (SSSR count). The number of hydrogen-bond donors (Lipinski definition) is 1. The largest absolute Gasteiger partial charge is 0.289 e. The molecule has 0 aliphatic heterocycles. The van der Waals surface area contributed by atoms with Gasteiger partial charge in [0.05, 0.1) is 0 Å². The first-order valence-electron chi connectivity index (χ1n) is 6.94. The van der Waals surface area contributed by atoms with Gasteiger partial charge in [-0.3, -0.25) is 4.79 Å². The zero-order chi connectivity index (χ0) is 15.1. The van der Waals surface area contributed by atoms with E-state index in [9.17, 15) is 4.79 Å². The Morgan fingerprint density at radius 2 is 1.82 bits per heavy atom. The molecule has 3 aromatic carbocycles. The van der Waals surface area contributed by atoms with Crippen molar-refractivity contribution in [3.05, 3.63) is 64.3 Å². The Labute approximate surface area is 125 Å². The predicted molar refractivity (Wildman–Crippen MR) is 85.6 cm³/mol. The van der Waals surface area contributed by atoms with E-state index in [-0.39, 0.29) is 5.43 Å². The second-order valence-corrected chi connectivity index (χ2v) is 5.26. The summed E-state index contributed by atoms with van der Waals surface area (Å²) in [4.78, 5) is 12.9. The molecule has 22 heavy (non-hydrogen) atoms. The highest BCUT2D eigenvalue weighted by molar-refractivity contribution is 6.01. The number of hydrogen-bond acceptors (Lipinski definition) is 4. The molecule has 106 valence electrons. The van der Waals surface area contributed by atoms with Gasteiger partial charge in [-0.1, -0.05) is 42.0 Å². The maximum atomic E-state index is 12.9. The molecule has 0 aliphatic rings. The van der Waals surface area contributed by atoms with Gasteiger partial charge in [-0.15, -0.1) is 10.2 Å². The third-order valence-electron chi connectivity index (χ3n) is 3.80. The molecule has 1 N–H and O–H groups in total. The van der Waals surface area contributed by atoms with Crippen LogP contribution in [0.4, 0.5) is 0 Å². The summed E-state index contributed by atoms with van der Waals surface area (Å²) in [6.07, 6.45) is 0. The van der Waals surface area contributed by atoms with Crippen molar-refractivity contribution in [3.8, 4) is 11.4 Å². The molecular formula is C17H12N4O. The lowest BCUT2D eigenvalue weighted by Crippen LogP contribution is -1.98. The van der Waals surface area contributed by atoms with Crippen molar-refractivity contribution in [3.63, 3.8) is 0 Å². The van der Waals surface area contributed by atoms with Crippen LogP contribution in [0.5, 0.6) is 0 Å². The summed E-state index contributed by atoms with van der Waals surface area (Å²) in [6.45, 7) is 1.97. The molecule has 0 fully saturated rings. The minimum Gasteiger partial charge on any atom is -0.289 e. The predicted octanol–water partition coefficient (Wildman–Crippen LogP) is 2.84. The molecule has 0 spiro atoms. The summed E-state index contributed by atoms with van der Waals surface area (Å²) in [6, 6.07) is 15.3. The van der Waals surface area contributed by atoms with Crippen molar-refractivity contribution in [1.29, 1.82) is 0 Å². The molecule has 0 atom stereocenters. The van der Waals surface area contributed by atoms with Gasteiger partial charge in [-0.25, -0.2) is 0 Å². The van der Waals surface area contributed by atoms with Gasteiger partial charge in [0.1, 0.15) is 0 Å². The van der Waals surface area contributed by atoms with Crippen molar-refractivity contribution in [1.82, 2.24) is 20.6 Å². The van der Waals surface area contributed by atoms with Crippen LogP contribution in [-0.2, 0) is 0 Å². The van der Waals surface area contributed by atoms with Crippen LogP contribution in [0.1, 0.15) is 5.56 Å². The highest BCUT2D eigenvalue weighted by atomic mass is 16.1. The van der Waals surface area contributed by atoms with Gasteiger partial charge in [0, 0.05) is 16.3 Å². The number of nitrogens with zero attached hydrogens (tertiary/aromatic N) is 3. The monoisotopic (exact) mass is 288 g/mol. The van der Waals surface area contributed by atoms with E-state index in [2.05, 4.69) is 20.6 Å². The summed E-state index contributed by atoms with van der Waals surface area (Å²) in [5, 5.41) is 17.3. The Bertz CT molecular complexity index is 1060. The number of aromatic nitrogens is 4. The van der Waals surface area contributed by atoms with Crippen LogP contribution in [0.25, 0.3) is 32.9 Å². The fraction of sp³-hybridized carbons (Fsp3) is 0.0588. The Balaban J connectivity index is 2.32. The summed E-state index contributed by atoms with van der Waals surface area (Å²) in [5.41, 5.74) is 1.85. The van der Waals surface area contributed by atoms with E-state index in [4.69, 9.17) is 0 Å². The Kier molecular flexibility index (Phi) is 2.72. The number of rotatable bonds is 1. The first kappa shape index (κ1) is 12.6. The van der Waals surface area contributed by atoms with Crippen molar-refractivity contribution in [2.75, 3.05) is 0 Å². The fourth-order valence-corrected chi connectivity index (χ4v) is 2.75. The highest BCUT2D eigenvalue weighted by Gasteiger charge is 2.11. The first-order valence-corrected chi connectivity index (χ1v) is 6.94. The average Bonchev–Trinajstić information content (AvgIpc) is 3.03. The molecule has 5 nitrogen and oxygen atoms in total. The number of H-pyrrole nitrogens is 1. The maximum Gasteiger partial charge on any atom is 0.205 e. The molecule has 0 radical (unpaired) electrons. The maximum absolute atomic E-state index is 12.9. The number of nitrogens with one attached hydrogen (secondary N) is 1. The van der Waals surface area contributed by atoms with Gasteiger partial charge in [0.2, 0.25) is 5.82 Å². The molecule has 0 saturated heterocycles.